The van der Waals surface area contributed by atoms with Crippen molar-refractivity contribution in [1.29, 1.82) is 0 Å². The molecule has 0 amide bonds. The summed E-state index contributed by atoms with van der Waals surface area (Å²) in [6.45, 7) is 1.10. The van der Waals surface area contributed by atoms with E-state index in [0.29, 0.717) is 13.2 Å². The Morgan fingerprint density at radius 1 is 0.875 bits per heavy atom. The number of rotatable bonds is 4. The molecular formula is C13H25NO2. The van der Waals surface area contributed by atoms with Crippen molar-refractivity contribution >= 4 is 0 Å². The number of aliphatic hydroxyl groups is 1. The molecule has 2 rings (SSSR count). The van der Waals surface area contributed by atoms with Gasteiger partial charge in [0, 0.05) is 5.54 Å². The summed E-state index contributed by atoms with van der Waals surface area (Å²) < 4.78 is 5.69. The van der Waals surface area contributed by atoms with Crippen LogP contribution in [-0.4, -0.2) is 29.5 Å². The van der Waals surface area contributed by atoms with Crippen molar-refractivity contribution in [3.63, 3.8) is 0 Å². The third kappa shape index (κ3) is 3.19. The Hall–Kier alpha value is -0.120. The molecule has 94 valence electrons. The van der Waals surface area contributed by atoms with Crippen molar-refractivity contribution < 1.29 is 9.84 Å². The highest BCUT2D eigenvalue weighted by Crippen LogP contribution is 2.30. The molecule has 3 nitrogen and oxygen atoms in total. The normalized spacial score (nSPS) is 28.1. The molecule has 0 heterocycles. The molecule has 0 unspecified atom stereocenters. The SMILES string of the molecule is NC1(COCC2(O)CCCCC2)CCCC1. The third-order valence-electron chi connectivity index (χ3n) is 4.14. The van der Waals surface area contributed by atoms with Crippen molar-refractivity contribution in [3.8, 4) is 0 Å². The molecule has 0 aliphatic heterocycles. The molecule has 3 heteroatoms. The Kier molecular flexibility index (Phi) is 3.88. The molecule has 0 saturated heterocycles. The van der Waals surface area contributed by atoms with Gasteiger partial charge in [0.05, 0.1) is 18.8 Å². The minimum atomic E-state index is -0.562. The smallest absolute Gasteiger partial charge is 0.0880 e. The molecule has 16 heavy (non-hydrogen) atoms. The fourth-order valence-corrected chi connectivity index (χ4v) is 3.02. The summed E-state index contributed by atoms with van der Waals surface area (Å²) >= 11 is 0. The van der Waals surface area contributed by atoms with Gasteiger partial charge < -0.3 is 15.6 Å². The molecule has 2 saturated carbocycles. The van der Waals surface area contributed by atoms with E-state index >= 15 is 0 Å². The van der Waals surface area contributed by atoms with E-state index in [1.165, 1.54) is 19.3 Å². The van der Waals surface area contributed by atoms with Gasteiger partial charge in [-0.3, -0.25) is 0 Å². The van der Waals surface area contributed by atoms with Gasteiger partial charge in [-0.1, -0.05) is 32.1 Å². The predicted octanol–water partition coefficient (Wildman–Crippen LogP) is 1.97. The zero-order valence-electron chi connectivity index (χ0n) is 10.2. The Morgan fingerprint density at radius 2 is 1.44 bits per heavy atom. The van der Waals surface area contributed by atoms with E-state index in [0.717, 1.165) is 38.5 Å². The Bertz CT molecular complexity index is 218. The van der Waals surface area contributed by atoms with Crippen LogP contribution >= 0.6 is 0 Å². The molecule has 0 spiro atoms. The number of ether oxygens (including phenoxy) is 1. The third-order valence-corrected chi connectivity index (χ3v) is 4.14. The largest absolute Gasteiger partial charge is 0.387 e. The summed E-state index contributed by atoms with van der Waals surface area (Å²) in [4.78, 5) is 0. The first kappa shape index (κ1) is 12.3. The average molecular weight is 227 g/mol. The first-order valence-corrected chi connectivity index (χ1v) is 6.71. The molecule has 3 N–H and O–H groups in total. The van der Waals surface area contributed by atoms with E-state index in [1.54, 1.807) is 0 Å². The van der Waals surface area contributed by atoms with Crippen LogP contribution in [0.1, 0.15) is 57.8 Å². The van der Waals surface area contributed by atoms with Gasteiger partial charge in [0.2, 0.25) is 0 Å². The maximum absolute atomic E-state index is 10.3. The number of nitrogens with two attached hydrogens (primary N) is 1. The molecule has 0 atom stereocenters. The van der Waals surface area contributed by atoms with Gasteiger partial charge in [-0.05, 0) is 25.7 Å². The van der Waals surface area contributed by atoms with Crippen molar-refractivity contribution in [3.05, 3.63) is 0 Å². The highest BCUT2D eigenvalue weighted by atomic mass is 16.5. The summed E-state index contributed by atoms with van der Waals surface area (Å²) in [6, 6.07) is 0. The van der Waals surface area contributed by atoms with Crippen molar-refractivity contribution in [2.75, 3.05) is 13.2 Å². The first-order chi connectivity index (χ1) is 7.62. The van der Waals surface area contributed by atoms with Gasteiger partial charge in [-0.2, -0.15) is 0 Å². The quantitative estimate of drug-likeness (QED) is 0.772. The van der Waals surface area contributed by atoms with E-state index in [-0.39, 0.29) is 5.54 Å². The minimum absolute atomic E-state index is 0.106. The molecule has 0 aromatic heterocycles. The van der Waals surface area contributed by atoms with Crippen LogP contribution in [0.15, 0.2) is 0 Å². The molecule has 0 bridgehead atoms. The molecule has 2 aliphatic carbocycles. The Morgan fingerprint density at radius 3 is 2.06 bits per heavy atom. The average Bonchev–Trinajstić information content (AvgIpc) is 2.66. The standard InChI is InChI=1S/C13H25NO2/c14-12(6-4-5-7-12)10-16-11-13(15)8-2-1-3-9-13/h15H,1-11,14H2. The van der Waals surface area contributed by atoms with Crippen molar-refractivity contribution in [2.45, 2.75) is 68.9 Å². The van der Waals surface area contributed by atoms with Gasteiger partial charge in [0.25, 0.3) is 0 Å². The second-order valence-corrected chi connectivity index (χ2v) is 5.85. The summed E-state index contributed by atoms with van der Waals surface area (Å²) in [5.41, 5.74) is 5.54. The van der Waals surface area contributed by atoms with E-state index < -0.39 is 5.60 Å². The van der Waals surface area contributed by atoms with Crippen molar-refractivity contribution in [2.24, 2.45) is 5.73 Å². The second kappa shape index (κ2) is 5.03. The van der Waals surface area contributed by atoms with Crippen LogP contribution in [0.25, 0.3) is 0 Å². The molecule has 0 aromatic rings. The number of hydrogen-bond donors (Lipinski definition) is 2. The summed E-state index contributed by atoms with van der Waals surface area (Å²) in [5.74, 6) is 0. The van der Waals surface area contributed by atoms with Crippen molar-refractivity contribution in [1.82, 2.24) is 0 Å². The van der Waals surface area contributed by atoms with Gasteiger partial charge in [-0.25, -0.2) is 0 Å². The van der Waals surface area contributed by atoms with Crippen LogP contribution in [0.2, 0.25) is 0 Å². The van der Waals surface area contributed by atoms with Gasteiger partial charge in [0.1, 0.15) is 0 Å². The van der Waals surface area contributed by atoms with Crippen LogP contribution in [0.3, 0.4) is 0 Å². The lowest BCUT2D eigenvalue weighted by Gasteiger charge is -2.33. The fourth-order valence-electron chi connectivity index (χ4n) is 3.02. The van der Waals surface area contributed by atoms with E-state index in [9.17, 15) is 5.11 Å². The van der Waals surface area contributed by atoms with Gasteiger partial charge in [-0.15, -0.1) is 0 Å². The first-order valence-electron chi connectivity index (χ1n) is 6.71. The lowest BCUT2D eigenvalue weighted by molar-refractivity contribution is -0.0763. The maximum atomic E-state index is 10.3. The summed E-state index contributed by atoms with van der Waals surface area (Å²) in [7, 11) is 0. The minimum Gasteiger partial charge on any atom is -0.387 e. The van der Waals surface area contributed by atoms with Crippen LogP contribution in [0.4, 0.5) is 0 Å². The zero-order valence-corrected chi connectivity index (χ0v) is 10.2. The predicted molar refractivity (Wildman–Crippen MR) is 64.2 cm³/mol. The highest BCUT2D eigenvalue weighted by molar-refractivity contribution is 4.90. The lowest BCUT2D eigenvalue weighted by atomic mass is 9.85. The Labute approximate surface area is 98.4 Å². The molecule has 0 aromatic carbocycles. The van der Waals surface area contributed by atoms with Crippen LogP contribution in [0, 0.1) is 0 Å². The maximum Gasteiger partial charge on any atom is 0.0880 e. The fraction of sp³-hybridized carbons (Fsp3) is 1.00. The van der Waals surface area contributed by atoms with Gasteiger partial charge >= 0.3 is 0 Å². The number of hydrogen-bond acceptors (Lipinski definition) is 3. The zero-order chi connectivity index (χ0) is 11.5. The van der Waals surface area contributed by atoms with E-state index in [2.05, 4.69) is 0 Å². The lowest BCUT2D eigenvalue weighted by Crippen LogP contribution is -2.44. The molecule has 2 fully saturated rings. The van der Waals surface area contributed by atoms with Crippen LogP contribution in [-0.2, 0) is 4.74 Å². The summed E-state index contributed by atoms with van der Waals surface area (Å²) in [6.07, 6.45) is 9.91. The van der Waals surface area contributed by atoms with Crippen LogP contribution in [0.5, 0.6) is 0 Å². The Balaban J connectivity index is 1.70. The highest BCUT2D eigenvalue weighted by Gasteiger charge is 2.33. The molecule has 0 radical (unpaired) electrons. The van der Waals surface area contributed by atoms with E-state index in [1.807, 2.05) is 0 Å². The monoisotopic (exact) mass is 227 g/mol. The molecule has 2 aliphatic rings. The van der Waals surface area contributed by atoms with Crippen LogP contribution < -0.4 is 5.73 Å². The van der Waals surface area contributed by atoms with Gasteiger partial charge in [0.15, 0.2) is 0 Å². The summed E-state index contributed by atoms with van der Waals surface area (Å²) in [5, 5.41) is 10.3. The molecular weight excluding hydrogens is 202 g/mol. The van der Waals surface area contributed by atoms with E-state index in [4.69, 9.17) is 10.5 Å². The topological polar surface area (TPSA) is 55.5 Å². The second-order valence-electron chi connectivity index (χ2n) is 5.85.